The molecule has 0 unspecified atom stereocenters. The molecule has 0 bridgehead atoms. The average molecular weight is 376 g/mol. The van der Waals surface area contributed by atoms with Gasteiger partial charge in [0, 0.05) is 50.2 Å². The SMILES string of the molecule is COc1cccc(CN2CCNc3cnc(OCc4cccnc4)cc3C2)c1. The van der Waals surface area contributed by atoms with E-state index in [2.05, 4.69) is 32.3 Å². The molecule has 6 heteroatoms. The van der Waals surface area contributed by atoms with Crippen LogP contribution in [0.25, 0.3) is 0 Å². The van der Waals surface area contributed by atoms with Gasteiger partial charge in [0.05, 0.1) is 19.0 Å². The number of benzene rings is 1. The fourth-order valence-corrected chi connectivity index (χ4v) is 3.32. The van der Waals surface area contributed by atoms with E-state index in [1.807, 2.05) is 36.5 Å². The Bertz CT molecular complexity index is 917. The highest BCUT2D eigenvalue weighted by Crippen LogP contribution is 2.25. The molecule has 0 amide bonds. The van der Waals surface area contributed by atoms with Gasteiger partial charge in [-0.2, -0.15) is 0 Å². The molecule has 28 heavy (non-hydrogen) atoms. The molecule has 0 saturated heterocycles. The number of methoxy groups -OCH3 is 1. The van der Waals surface area contributed by atoms with Gasteiger partial charge in [-0.1, -0.05) is 18.2 Å². The summed E-state index contributed by atoms with van der Waals surface area (Å²) in [5.41, 5.74) is 4.53. The lowest BCUT2D eigenvalue weighted by atomic mass is 10.1. The molecule has 1 N–H and O–H groups in total. The van der Waals surface area contributed by atoms with Crippen LogP contribution in [0.5, 0.6) is 11.6 Å². The summed E-state index contributed by atoms with van der Waals surface area (Å²) in [5.74, 6) is 1.52. The second-order valence-electron chi connectivity index (χ2n) is 6.82. The number of pyridine rings is 2. The first kappa shape index (κ1) is 18.3. The topological polar surface area (TPSA) is 59.5 Å². The molecule has 1 aliphatic heterocycles. The highest BCUT2D eigenvalue weighted by atomic mass is 16.5. The molecule has 0 saturated carbocycles. The summed E-state index contributed by atoms with van der Waals surface area (Å²) in [6, 6.07) is 14.2. The van der Waals surface area contributed by atoms with Crippen molar-refractivity contribution < 1.29 is 9.47 Å². The number of rotatable bonds is 6. The van der Waals surface area contributed by atoms with Crippen LogP contribution in [-0.4, -0.2) is 35.1 Å². The third-order valence-corrected chi connectivity index (χ3v) is 4.75. The molecule has 0 atom stereocenters. The van der Waals surface area contributed by atoms with E-state index < -0.39 is 0 Å². The van der Waals surface area contributed by atoms with Gasteiger partial charge in [-0.15, -0.1) is 0 Å². The number of nitrogens with zero attached hydrogens (tertiary/aromatic N) is 3. The van der Waals surface area contributed by atoms with Crippen LogP contribution in [-0.2, 0) is 19.7 Å². The summed E-state index contributed by atoms with van der Waals surface area (Å²) in [6.45, 7) is 4.00. The van der Waals surface area contributed by atoms with Gasteiger partial charge in [0.1, 0.15) is 12.4 Å². The van der Waals surface area contributed by atoms with Gasteiger partial charge in [0.25, 0.3) is 0 Å². The Labute approximate surface area is 165 Å². The van der Waals surface area contributed by atoms with Crippen molar-refractivity contribution in [1.82, 2.24) is 14.9 Å². The van der Waals surface area contributed by atoms with Crippen molar-refractivity contribution in [1.29, 1.82) is 0 Å². The summed E-state index contributed by atoms with van der Waals surface area (Å²) in [6.07, 6.45) is 5.43. The maximum atomic E-state index is 5.87. The Morgan fingerprint density at radius 1 is 1.11 bits per heavy atom. The van der Waals surface area contributed by atoms with Gasteiger partial charge in [-0.05, 0) is 29.3 Å². The summed E-state index contributed by atoms with van der Waals surface area (Å²) >= 11 is 0. The zero-order valence-electron chi connectivity index (χ0n) is 16.0. The van der Waals surface area contributed by atoms with Crippen LogP contribution in [0.15, 0.2) is 61.1 Å². The van der Waals surface area contributed by atoms with E-state index in [4.69, 9.17) is 9.47 Å². The van der Waals surface area contributed by atoms with E-state index in [9.17, 15) is 0 Å². The molecule has 3 heterocycles. The Hall–Kier alpha value is -3.12. The Kier molecular flexibility index (Phi) is 5.68. The Morgan fingerprint density at radius 2 is 2.04 bits per heavy atom. The molecule has 1 aromatic carbocycles. The molecule has 4 rings (SSSR count). The predicted octanol–water partition coefficient (Wildman–Crippen LogP) is 3.49. The first-order valence-electron chi connectivity index (χ1n) is 9.40. The molecule has 3 aromatic rings. The lowest BCUT2D eigenvalue weighted by Crippen LogP contribution is -2.25. The molecular weight excluding hydrogens is 352 g/mol. The van der Waals surface area contributed by atoms with E-state index in [-0.39, 0.29) is 0 Å². The summed E-state index contributed by atoms with van der Waals surface area (Å²) in [7, 11) is 1.70. The second-order valence-corrected chi connectivity index (χ2v) is 6.82. The molecule has 0 aliphatic carbocycles. The van der Waals surface area contributed by atoms with Crippen LogP contribution in [0.4, 0.5) is 5.69 Å². The third-order valence-electron chi connectivity index (χ3n) is 4.75. The first-order valence-corrected chi connectivity index (χ1v) is 9.40. The highest BCUT2D eigenvalue weighted by molar-refractivity contribution is 5.51. The summed E-state index contributed by atoms with van der Waals surface area (Å²) in [5, 5.41) is 3.47. The van der Waals surface area contributed by atoms with Crippen LogP contribution in [0.1, 0.15) is 16.7 Å². The zero-order chi connectivity index (χ0) is 19.2. The van der Waals surface area contributed by atoms with Gasteiger partial charge in [0.15, 0.2) is 0 Å². The third kappa shape index (κ3) is 4.58. The van der Waals surface area contributed by atoms with E-state index >= 15 is 0 Å². The van der Waals surface area contributed by atoms with Gasteiger partial charge in [-0.3, -0.25) is 9.88 Å². The van der Waals surface area contributed by atoms with Crippen LogP contribution in [0.3, 0.4) is 0 Å². The van der Waals surface area contributed by atoms with Crippen molar-refractivity contribution in [2.45, 2.75) is 19.7 Å². The molecule has 144 valence electrons. The highest BCUT2D eigenvalue weighted by Gasteiger charge is 2.16. The maximum Gasteiger partial charge on any atom is 0.213 e. The van der Waals surface area contributed by atoms with Crippen LogP contribution >= 0.6 is 0 Å². The zero-order valence-corrected chi connectivity index (χ0v) is 16.0. The van der Waals surface area contributed by atoms with Gasteiger partial charge in [0.2, 0.25) is 5.88 Å². The Morgan fingerprint density at radius 3 is 2.89 bits per heavy atom. The minimum Gasteiger partial charge on any atom is -0.497 e. The molecule has 0 radical (unpaired) electrons. The van der Waals surface area contributed by atoms with Crippen molar-refractivity contribution in [2.24, 2.45) is 0 Å². The van der Waals surface area contributed by atoms with Crippen molar-refractivity contribution in [2.75, 3.05) is 25.5 Å². The number of hydrogen-bond donors (Lipinski definition) is 1. The van der Waals surface area contributed by atoms with Gasteiger partial charge in [-0.25, -0.2) is 4.98 Å². The van der Waals surface area contributed by atoms with Crippen molar-refractivity contribution in [3.8, 4) is 11.6 Å². The minimum atomic E-state index is 0.459. The van der Waals surface area contributed by atoms with Crippen LogP contribution < -0.4 is 14.8 Å². The van der Waals surface area contributed by atoms with Gasteiger partial charge < -0.3 is 14.8 Å². The van der Waals surface area contributed by atoms with Crippen LogP contribution in [0, 0.1) is 0 Å². The molecule has 0 fully saturated rings. The summed E-state index contributed by atoms with van der Waals surface area (Å²) in [4.78, 5) is 11.0. The monoisotopic (exact) mass is 376 g/mol. The second kappa shape index (κ2) is 8.71. The van der Waals surface area contributed by atoms with E-state index in [1.165, 1.54) is 11.1 Å². The molecule has 1 aliphatic rings. The van der Waals surface area contributed by atoms with Gasteiger partial charge >= 0.3 is 0 Å². The lowest BCUT2D eigenvalue weighted by molar-refractivity contribution is 0.269. The Balaban J connectivity index is 1.45. The van der Waals surface area contributed by atoms with Crippen molar-refractivity contribution in [3.05, 3.63) is 77.7 Å². The maximum absolute atomic E-state index is 5.87. The molecular formula is C22H24N4O2. The summed E-state index contributed by atoms with van der Waals surface area (Å²) < 4.78 is 11.2. The largest absolute Gasteiger partial charge is 0.497 e. The van der Waals surface area contributed by atoms with Crippen molar-refractivity contribution >= 4 is 5.69 Å². The number of aromatic nitrogens is 2. The first-order chi connectivity index (χ1) is 13.8. The number of anilines is 1. The number of hydrogen-bond acceptors (Lipinski definition) is 6. The fraction of sp³-hybridized carbons (Fsp3) is 0.273. The molecule has 2 aromatic heterocycles. The molecule has 0 spiro atoms. The number of nitrogens with one attached hydrogen (secondary N) is 1. The fourth-order valence-electron chi connectivity index (χ4n) is 3.32. The normalized spacial score (nSPS) is 13.9. The number of fused-ring (bicyclic) bond motifs is 1. The van der Waals surface area contributed by atoms with E-state index in [0.29, 0.717) is 12.5 Å². The van der Waals surface area contributed by atoms with Crippen molar-refractivity contribution in [3.63, 3.8) is 0 Å². The quantitative estimate of drug-likeness (QED) is 0.711. The van der Waals surface area contributed by atoms with E-state index in [1.54, 1.807) is 19.5 Å². The van der Waals surface area contributed by atoms with E-state index in [0.717, 1.165) is 43.2 Å². The lowest BCUT2D eigenvalue weighted by Gasteiger charge is -2.20. The smallest absolute Gasteiger partial charge is 0.213 e. The van der Waals surface area contributed by atoms with Crippen LogP contribution in [0.2, 0.25) is 0 Å². The average Bonchev–Trinajstić information content (AvgIpc) is 2.94. The molecule has 6 nitrogen and oxygen atoms in total. The predicted molar refractivity (Wildman–Crippen MR) is 108 cm³/mol. The minimum absolute atomic E-state index is 0.459. The number of ether oxygens (including phenoxy) is 2. The standard InChI is InChI=1S/C22H24N4O2/c1-27-20-6-2-4-17(10-20)14-26-9-8-24-21-13-25-22(11-19(21)15-26)28-16-18-5-3-7-23-12-18/h2-7,10-13,24H,8-9,14-16H2,1H3.